The first kappa shape index (κ1) is 19.8. The van der Waals surface area contributed by atoms with Crippen LogP contribution in [0.2, 0.25) is 0 Å². The number of aliphatic hydroxyl groups is 1. The van der Waals surface area contributed by atoms with Crippen LogP contribution in [0.1, 0.15) is 31.1 Å². The van der Waals surface area contributed by atoms with E-state index in [1.54, 1.807) is 20.8 Å². The molecule has 1 fully saturated rings. The number of likely N-dealkylation sites (tertiary alicyclic amines) is 1. The van der Waals surface area contributed by atoms with Gasteiger partial charge in [-0.3, -0.25) is 4.79 Å². The van der Waals surface area contributed by atoms with E-state index >= 15 is 0 Å². The molecule has 7 nitrogen and oxygen atoms in total. The quantitative estimate of drug-likeness (QED) is 0.680. The molecule has 0 radical (unpaired) electrons. The van der Waals surface area contributed by atoms with Crippen LogP contribution in [0.3, 0.4) is 0 Å². The fourth-order valence-electron chi connectivity index (χ4n) is 2.41. The lowest BCUT2D eigenvalue weighted by Gasteiger charge is -2.24. The number of β-amino-alcohol motifs (C(OH)–C–C–N with tert-alkyl or cyclic N) is 1. The van der Waals surface area contributed by atoms with Crippen molar-refractivity contribution in [1.29, 1.82) is 0 Å². The van der Waals surface area contributed by atoms with Gasteiger partial charge in [-0.15, -0.1) is 0 Å². The first-order valence-electron chi connectivity index (χ1n) is 7.74. The molecule has 2 rings (SSSR count). The molecule has 0 unspecified atom stereocenters. The van der Waals surface area contributed by atoms with E-state index < -0.39 is 58.5 Å². The highest BCUT2D eigenvalue weighted by atomic mass is 19.2. The fraction of sp³-hybridized carbons (Fsp3) is 0.500. The molecular formula is C16H19F3N2O5. The van der Waals surface area contributed by atoms with Crippen LogP contribution >= 0.6 is 0 Å². The van der Waals surface area contributed by atoms with Gasteiger partial charge in [0.25, 0.3) is 5.91 Å². The summed E-state index contributed by atoms with van der Waals surface area (Å²) in [7, 11) is 0. The maximum absolute atomic E-state index is 13.8. The molecule has 0 saturated carbocycles. The van der Waals surface area contributed by atoms with Crippen molar-refractivity contribution in [2.24, 2.45) is 0 Å². The van der Waals surface area contributed by atoms with E-state index in [4.69, 9.17) is 9.84 Å². The third kappa shape index (κ3) is 4.18. The largest absolute Gasteiger partial charge is 0.503 e. The van der Waals surface area contributed by atoms with Gasteiger partial charge in [-0.1, -0.05) is 0 Å². The second-order valence-corrected chi connectivity index (χ2v) is 6.92. The molecule has 10 heteroatoms. The number of hydrogen-bond acceptors (Lipinski definition) is 5. The summed E-state index contributed by atoms with van der Waals surface area (Å²) < 4.78 is 45.3. The van der Waals surface area contributed by atoms with Crippen LogP contribution < -0.4 is 5.32 Å². The lowest BCUT2D eigenvalue weighted by atomic mass is 10.1. The lowest BCUT2D eigenvalue weighted by molar-refractivity contribution is 0.0269. The van der Waals surface area contributed by atoms with Crippen molar-refractivity contribution in [2.45, 2.75) is 38.5 Å². The molecule has 1 aromatic rings. The third-order valence-electron chi connectivity index (χ3n) is 3.63. The summed E-state index contributed by atoms with van der Waals surface area (Å²) in [6.07, 6.45) is -1.88. The average molecular weight is 376 g/mol. The number of hydrogen-bond donors (Lipinski definition) is 3. The van der Waals surface area contributed by atoms with Gasteiger partial charge in [0, 0.05) is 6.54 Å². The number of ether oxygens (including phenoxy) is 1. The fourth-order valence-corrected chi connectivity index (χ4v) is 2.41. The van der Waals surface area contributed by atoms with E-state index in [1.807, 2.05) is 0 Å². The molecule has 0 spiro atoms. The Labute approximate surface area is 147 Å². The average Bonchev–Trinajstić information content (AvgIpc) is 2.88. The molecule has 0 aliphatic carbocycles. The van der Waals surface area contributed by atoms with E-state index in [1.165, 1.54) is 0 Å². The number of carbonyl (C=O) groups is 2. The highest BCUT2D eigenvalue weighted by molar-refractivity contribution is 5.95. The minimum Gasteiger partial charge on any atom is -0.503 e. The number of nitrogens with zero attached hydrogens (tertiary/aromatic N) is 1. The number of carbonyl (C=O) groups excluding carboxylic acids is 2. The van der Waals surface area contributed by atoms with Gasteiger partial charge in [-0.2, -0.15) is 4.39 Å². The molecule has 1 aromatic carbocycles. The zero-order valence-corrected chi connectivity index (χ0v) is 14.3. The molecule has 1 aliphatic rings. The van der Waals surface area contributed by atoms with Crippen LogP contribution in [0, 0.1) is 17.5 Å². The highest BCUT2D eigenvalue weighted by Gasteiger charge is 2.37. The highest BCUT2D eigenvalue weighted by Crippen LogP contribution is 2.26. The molecule has 144 valence electrons. The summed E-state index contributed by atoms with van der Waals surface area (Å²) in [4.78, 5) is 25.2. The first-order chi connectivity index (χ1) is 11.9. The summed E-state index contributed by atoms with van der Waals surface area (Å²) >= 11 is 0. The number of phenols is 1. The zero-order valence-electron chi connectivity index (χ0n) is 14.3. The topological polar surface area (TPSA) is 99.1 Å². The van der Waals surface area contributed by atoms with Crippen LogP contribution in [0.5, 0.6) is 5.75 Å². The van der Waals surface area contributed by atoms with Crippen LogP contribution in [0.4, 0.5) is 18.0 Å². The van der Waals surface area contributed by atoms with E-state index in [9.17, 15) is 27.9 Å². The zero-order chi connectivity index (χ0) is 19.8. The Balaban J connectivity index is 2.10. The summed E-state index contributed by atoms with van der Waals surface area (Å²) in [5, 5.41) is 21.4. The standard InChI is InChI=1S/C16H19F3N2O5/c1-16(2,3)26-15(25)21-5-9(10(22)6-21)20-14(24)7-4-8(17)12(19)13(23)11(7)18/h4,9-10,22-23H,5-6H2,1-3H3,(H,20,24)/t9-,10+/m0/s1. The van der Waals surface area contributed by atoms with Crippen molar-refractivity contribution in [2.75, 3.05) is 13.1 Å². The van der Waals surface area contributed by atoms with Gasteiger partial charge in [0.15, 0.2) is 17.4 Å². The monoisotopic (exact) mass is 376 g/mol. The van der Waals surface area contributed by atoms with E-state index in [2.05, 4.69) is 5.32 Å². The van der Waals surface area contributed by atoms with Crippen molar-refractivity contribution in [3.63, 3.8) is 0 Å². The minimum atomic E-state index is -1.81. The number of nitrogens with one attached hydrogen (secondary N) is 1. The second-order valence-electron chi connectivity index (χ2n) is 6.92. The molecule has 3 N–H and O–H groups in total. The molecule has 0 bridgehead atoms. The molecule has 1 aliphatic heterocycles. The lowest BCUT2D eigenvalue weighted by Crippen LogP contribution is -2.43. The number of amides is 2. The number of aliphatic hydroxyl groups excluding tert-OH is 1. The molecular weight excluding hydrogens is 357 g/mol. The van der Waals surface area contributed by atoms with Gasteiger partial charge >= 0.3 is 6.09 Å². The van der Waals surface area contributed by atoms with Gasteiger partial charge in [0.05, 0.1) is 24.3 Å². The molecule has 2 atom stereocenters. The molecule has 1 heterocycles. The molecule has 2 amide bonds. The van der Waals surface area contributed by atoms with E-state index in [0.29, 0.717) is 6.07 Å². The Bertz CT molecular complexity index is 736. The summed E-state index contributed by atoms with van der Waals surface area (Å²) in [5.41, 5.74) is -1.68. The van der Waals surface area contributed by atoms with Crippen molar-refractivity contribution in [3.8, 4) is 5.75 Å². The first-order valence-corrected chi connectivity index (χ1v) is 7.74. The minimum absolute atomic E-state index is 0.126. The summed E-state index contributed by atoms with van der Waals surface area (Å²) in [6.45, 7) is 4.73. The second kappa shape index (κ2) is 7.02. The Kier molecular flexibility index (Phi) is 5.36. The number of halogens is 3. The Morgan fingerprint density at radius 2 is 1.85 bits per heavy atom. The van der Waals surface area contributed by atoms with Crippen molar-refractivity contribution < 1.29 is 37.7 Å². The number of benzene rings is 1. The van der Waals surface area contributed by atoms with Gasteiger partial charge in [-0.05, 0) is 26.8 Å². The van der Waals surface area contributed by atoms with E-state index in [-0.39, 0.29) is 13.1 Å². The Morgan fingerprint density at radius 3 is 2.42 bits per heavy atom. The normalized spacial score (nSPS) is 20.2. The predicted molar refractivity (Wildman–Crippen MR) is 83.0 cm³/mol. The molecule has 26 heavy (non-hydrogen) atoms. The van der Waals surface area contributed by atoms with Crippen LogP contribution in [0.25, 0.3) is 0 Å². The van der Waals surface area contributed by atoms with Gasteiger partial charge in [0.1, 0.15) is 5.60 Å². The van der Waals surface area contributed by atoms with Crippen LogP contribution in [-0.2, 0) is 4.74 Å². The van der Waals surface area contributed by atoms with Crippen molar-refractivity contribution in [3.05, 3.63) is 29.1 Å². The summed E-state index contributed by atoms with van der Waals surface area (Å²) in [6, 6.07) is -0.683. The summed E-state index contributed by atoms with van der Waals surface area (Å²) in [5.74, 6) is -7.82. The van der Waals surface area contributed by atoms with Crippen molar-refractivity contribution >= 4 is 12.0 Å². The smallest absolute Gasteiger partial charge is 0.410 e. The Hall–Kier alpha value is -2.49. The Morgan fingerprint density at radius 1 is 1.23 bits per heavy atom. The van der Waals surface area contributed by atoms with E-state index in [0.717, 1.165) is 4.90 Å². The number of aromatic hydroxyl groups is 1. The van der Waals surface area contributed by atoms with Crippen LogP contribution in [0.15, 0.2) is 6.07 Å². The molecule has 1 saturated heterocycles. The molecule has 0 aromatic heterocycles. The number of rotatable bonds is 2. The maximum atomic E-state index is 13.8. The van der Waals surface area contributed by atoms with Gasteiger partial charge in [-0.25, -0.2) is 13.6 Å². The van der Waals surface area contributed by atoms with Gasteiger partial charge in [0.2, 0.25) is 5.82 Å². The van der Waals surface area contributed by atoms with Crippen molar-refractivity contribution in [1.82, 2.24) is 10.2 Å². The maximum Gasteiger partial charge on any atom is 0.410 e. The SMILES string of the molecule is CC(C)(C)OC(=O)N1C[C@@H](O)[C@@H](NC(=O)c2cc(F)c(F)c(O)c2F)C1. The van der Waals surface area contributed by atoms with Gasteiger partial charge < -0.3 is 25.2 Å². The number of phenolic OH excluding ortho intramolecular Hbond substituents is 1. The predicted octanol–water partition coefficient (Wildman–Crippen LogP) is 1.52. The van der Waals surface area contributed by atoms with Crippen LogP contribution in [-0.4, -0.2) is 57.9 Å². The third-order valence-corrected chi connectivity index (χ3v) is 3.63.